The number of hydrogen-bond donors (Lipinski definition) is 0. The Kier molecular flexibility index (Phi) is 4.04. The van der Waals surface area contributed by atoms with Crippen molar-refractivity contribution in [2.45, 2.75) is 52.6 Å². The van der Waals surface area contributed by atoms with Crippen molar-refractivity contribution in [3.05, 3.63) is 29.6 Å². The number of rotatable bonds is 4. The molecule has 3 nitrogen and oxygen atoms in total. The number of fused-ring (bicyclic) bond motifs is 1. The van der Waals surface area contributed by atoms with Crippen LogP contribution >= 0.6 is 0 Å². The van der Waals surface area contributed by atoms with Crippen molar-refractivity contribution in [3.8, 4) is 0 Å². The number of hydrogen-bond acceptors (Lipinski definition) is 3. The molecule has 0 radical (unpaired) electrons. The molecule has 0 aliphatic heterocycles. The smallest absolute Gasteiger partial charge is 0.171 e. The first-order chi connectivity index (χ1) is 8.95. The van der Waals surface area contributed by atoms with Gasteiger partial charge in [0.05, 0.1) is 11.6 Å². The van der Waals surface area contributed by atoms with Crippen molar-refractivity contribution in [3.63, 3.8) is 0 Å². The van der Waals surface area contributed by atoms with Gasteiger partial charge >= 0.3 is 0 Å². The van der Waals surface area contributed by atoms with Gasteiger partial charge in [0, 0.05) is 12.8 Å². The molecule has 0 spiro atoms. The monoisotopic (exact) mass is 261 g/mol. The van der Waals surface area contributed by atoms with Gasteiger partial charge in [-0.15, -0.1) is 0 Å². The molecule has 0 aromatic carbocycles. The summed E-state index contributed by atoms with van der Waals surface area (Å²) in [4.78, 5) is 17.2. The van der Waals surface area contributed by atoms with E-state index in [1.807, 2.05) is 13.0 Å². The van der Waals surface area contributed by atoms with Crippen LogP contribution < -0.4 is 0 Å². The molecule has 0 amide bonds. The van der Waals surface area contributed by atoms with E-state index in [-0.39, 0.29) is 23.2 Å². The normalized spacial score (nSPS) is 20.1. The van der Waals surface area contributed by atoms with Gasteiger partial charge in [0.2, 0.25) is 0 Å². The van der Waals surface area contributed by atoms with Crippen LogP contribution in [0.3, 0.4) is 0 Å². The minimum Gasteiger partial charge on any atom is -0.370 e. The summed E-state index contributed by atoms with van der Waals surface area (Å²) < 4.78 is 5.72. The molecule has 0 N–H and O–H groups in total. The Labute approximate surface area is 115 Å². The van der Waals surface area contributed by atoms with Gasteiger partial charge in [-0.2, -0.15) is 0 Å². The van der Waals surface area contributed by atoms with E-state index in [1.165, 1.54) is 5.56 Å². The second-order valence-electron chi connectivity index (χ2n) is 6.24. The van der Waals surface area contributed by atoms with Crippen molar-refractivity contribution in [1.82, 2.24) is 4.98 Å². The fourth-order valence-corrected chi connectivity index (χ4v) is 2.80. The van der Waals surface area contributed by atoms with E-state index in [9.17, 15) is 4.79 Å². The van der Waals surface area contributed by atoms with Gasteiger partial charge < -0.3 is 4.74 Å². The molecule has 1 aromatic rings. The van der Waals surface area contributed by atoms with Crippen LogP contribution in [-0.4, -0.2) is 23.5 Å². The largest absolute Gasteiger partial charge is 0.370 e. The van der Waals surface area contributed by atoms with E-state index in [1.54, 1.807) is 6.20 Å². The zero-order valence-corrected chi connectivity index (χ0v) is 12.3. The average molecular weight is 261 g/mol. The number of ketones is 1. The molecule has 104 valence electrons. The van der Waals surface area contributed by atoms with Gasteiger partial charge in [0.25, 0.3) is 0 Å². The molecule has 0 saturated carbocycles. The Bertz CT molecular complexity index is 462. The SMILES string of the molecule is CCOC(C(=O)C1CCc2cccnc21)C(C)(C)C. The molecular weight excluding hydrogens is 238 g/mol. The fourth-order valence-electron chi connectivity index (χ4n) is 2.80. The molecule has 0 bridgehead atoms. The van der Waals surface area contributed by atoms with Crippen LogP contribution in [0.1, 0.15) is 51.3 Å². The summed E-state index contributed by atoms with van der Waals surface area (Å²) in [6.07, 6.45) is 3.24. The lowest BCUT2D eigenvalue weighted by atomic mass is 9.81. The van der Waals surface area contributed by atoms with Crippen molar-refractivity contribution >= 4 is 5.78 Å². The van der Waals surface area contributed by atoms with E-state index in [0.717, 1.165) is 18.5 Å². The van der Waals surface area contributed by atoms with E-state index < -0.39 is 0 Å². The summed E-state index contributed by atoms with van der Waals surface area (Å²) in [6.45, 7) is 8.67. The highest BCUT2D eigenvalue weighted by Gasteiger charge is 2.39. The van der Waals surface area contributed by atoms with Gasteiger partial charge in [-0.05, 0) is 36.8 Å². The molecule has 0 fully saturated rings. The van der Waals surface area contributed by atoms with E-state index in [0.29, 0.717) is 6.61 Å². The zero-order valence-electron chi connectivity index (χ0n) is 12.3. The molecule has 1 aliphatic rings. The third-order valence-corrected chi connectivity index (χ3v) is 3.68. The second kappa shape index (κ2) is 5.41. The third-order valence-electron chi connectivity index (χ3n) is 3.68. The first-order valence-electron chi connectivity index (χ1n) is 7.04. The average Bonchev–Trinajstić information content (AvgIpc) is 2.77. The maximum Gasteiger partial charge on any atom is 0.171 e. The zero-order chi connectivity index (χ0) is 14.0. The minimum absolute atomic E-state index is 0.0908. The van der Waals surface area contributed by atoms with Gasteiger partial charge in [0.1, 0.15) is 6.10 Å². The summed E-state index contributed by atoms with van der Waals surface area (Å²) >= 11 is 0. The summed E-state index contributed by atoms with van der Waals surface area (Å²) in [7, 11) is 0. The predicted molar refractivity (Wildman–Crippen MR) is 75.2 cm³/mol. The lowest BCUT2D eigenvalue weighted by Crippen LogP contribution is -2.39. The molecule has 1 heterocycles. The summed E-state index contributed by atoms with van der Waals surface area (Å²) in [6, 6.07) is 4.01. The minimum atomic E-state index is -0.351. The Morgan fingerprint density at radius 1 is 1.53 bits per heavy atom. The van der Waals surface area contributed by atoms with Crippen LogP contribution in [-0.2, 0) is 16.0 Å². The summed E-state index contributed by atoms with van der Waals surface area (Å²) in [5, 5.41) is 0. The number of Topliss-reactive ketones (excluding diaryl/α,β-unsaturated/α-hetero) is 1. The number of aromatic nitrogens is 1. The Hall–Kier alpha value is -1.22. The summed E-state index contributed by atoms with van der Waals surface area (Å²) in [5.41, 5.74) is 2.00. The van der Waals surface area contributed by atoms with Crippen LogP contribution in [0.4, 0.5) is 0 Å². The molecule has 19 heavy (non-hydrogen) atoms. The van der Waals surface area contributed by atoms with Gasteiger partial charge in [-0.1, -0.05) is 26.8 Å². The third kappa shape index (κ3) is 2.86. The molecule has 2 unspecified atom stereocenters. The number of pyridine rings is 1. The highest BCUT2D eigenvalue weighted by molar-refractivity contribution is 5.90. The highest BCUT2D eigenvalue weighted by atomic mass is 16.5. The summed E-state index contributed by atoms with van der Waals surface area (Å²) in [5.74, 6) is 0.0961. The van der Waals surface area contributed by atoms with Gasteiger partial charge in [-0.25, -0.2) is 0 Å². The Balaban J connectivity index is 2.25. The second-order valence-corrected chi connectivity index (χ2v) is 6.24. The lowest BCUT2D eigenvalue weighted by molar-refractivity contribution is -0.139. The topological polar surface area (TPSA) is 39.2 Å². The Morgan fingerprint density at radius 3 is 2.89 bits per heavy atom. The molecule has 2 rings (SSSR count). The maximum atomic E-state index is 12.8. The maximum absolute atomic E-state index is 12.8. The number of nitrogens with zero attached hydrogens (tertiary/aromatic N) is 1. The first-order valence-corrected chi connectivity index (χ1v) is 7.04. The standard InChI is InChI=1S/C16H23NO2/c1-5-19-15(16(2,3)4)14(18)12-9-8-11-7-6-10-17-13(11)12/h6-7,10,12,15H,5,8-9H2,1-4H3. The first kappa shape index (κ1) is 14.2. The number of ether oxygens (including phenoxy) is 1. The molecule has 0 saturated heterocycles. The predicted octanol–water partition coefficient (Wildman–Crippen LogP) is 3.13. The van der Waals surface area contributed by atoms with Crippen LogP contribution in [0, 0.1) is 5.41 Å². The molecule has 3 heteroatoms. The molecule has 1 aliphatic carbocycles. The van der Waals surface area contributed by atoms with Gasteiger partial charge in [-0.3, -0.25) is 9.78 Å². The van der Waals surface area contributed by atoms with E-state index in [2.05, 4.69) is 31.8 Å². The quantitative estimate of drug-likeness (QED) is 0.836. The van der Waals surface area contributed by atoms with Crippen molar-refractivity contribution in [2.24, 2.45) is 5.41 Å². The van der Waals surface area contributed by atoms with Crippen LogP contribution in [0.5, 0.6) is 0 Å². The van der Waals surface area contributed by atoms with Crippen molar-refractivity contribution < 1.29 is 9.53 Å². The number of carbonyl (C=O) groups excluding carboxylic acids is 1. The van der Waals surface area contributed by atoms with E-state index in [4.69, 9.17) is 4.74 Å². The van der Waals surface area contributed by atoms with Crippen molar-refractivity contribution in [1.29, 1.82) is 0 Å². The van der Waals surface area contributed by atoms with Crippen LogP contribution in [0.25, 0.3) is 0 Å². The van der Waals surface area contributed by atoms with Gasteiger partial charge in [0.15, 0.2) is 5.78 Å². The molecule has 2 atom stereocenters. The Morgan fingerprint density at radius 2 is 2.26 bits per heavy atom. The van der Waals surface area contributed by atoms with E-state index >= 15 is 0 Å². The molecule has 1 aromatic heterocycles. The van der Waals surface area contributed by atoms with Crippen LogP contribution in [0.2, 0.25) is 0 Å². The van der Waals surface area contributed by atoms with Crippen molar-refractivity contribution in [2.75, 3.05) is 6.61 Å². The lowest BCUT2D eigenvalue weighted by Gasteiger charge is -2.31. The molecular formula is C16H23NO2. The number of carbonyl (C=O) groups is 1. The number of aryl methyl sites for hydroxylation is 1. The highest BCUT2D eigenvalue weighted by Crippen LogP contribution is 2.36. The van der Waals surface area contributed by atoms with Crippen LogP contribution in [0.15, 0.2) is 18.3 Å². The fraction of sp³-hybridized carbons (Fsp3) is 0.625.